The SMILES string of the molecule is COc1ccccc1Cc1nc(N2CCCNCC2)n[nH]1. The summed E-state index contributed by atoms with van der Waals surface area (Å²) in [5, 5.41) is 10.8. The van der Waals surface area contributed by atoms with Crippen LogP contribution in [0.5, 0.6) is 5.75 Å². The van der Waals surface area contributed by atoms with E-state index < -0.39 is 0 Å². The van der Waals surface area contributed by atoms with E-state index in [-0.39, 0.29) is 0 Å². The molecule has 6 nitrogen and oxygen atoms in total. The summed E-state index contributed by atoms with van der Waals surface area (Å²) >= 11 is 0. The van der Waals surface area contributed by atoms with E-state index in [4.69, 9.17) is 4.74 Å². The minimum absolute atomic E-state index is 0.698. The standard InChI is InChI=1S/C15H21N5O/c1-21-13-6-3-2-5-12(13)11-14-17-15(19-18-14)20-9-4-7-16-8-10-20/h2-3,5-6,16H,4,7-11H2,1H3,(H,17,18,19). The van der Waals surface area contributed by atoms with E-state index in [1.165, 1.54) is 0 Å². The highest BCUT2D eigenvalue weighted by molar-refractivity contribution is 5.36. The van der Waals surface area contributed by atoms with E-state index in [0.29, 0.717) is 6.42 Å². The Labute approximate surface area is 124 Å². The lowest BCUT2D eigenvalue weighted by molar-refractivity contribution is 0.410. The monoisotopic (exact) mass is 287 g/mol. The Hall–Kier alpha value is -2.08. The van der Waals surface area contributed by atoms with Crippen LogP contribution < -0.4 is 15.0 Å². The van der Waals surface area contributed by atoms with Crippen LogP contribution in [0.25, 0.3) is 0 Å². The fraction of sp³-hybridized carbons (Fsp3) is 0.467. The van der Waals surface area contributed by atoms with Crippen molar-refractivity contribution in [3.8, 4) is 5.75 Å². The first-order valence-electron chi connectivity index (χ1n) is 7.35. The van der Waals surface area contributed by atoms with Crippen LogP contribution in [0.1, 0.15) is 17.8 Å². The molecular formula is C15H21N5O. The van der Waals surface area contributed by atoms with Gasteiger partial charge in [-0.1, -0.05) is 18.2 Å². The predicted octanol–water partition coefficient (Wildman–Crippen LogP) is 1.20. The number of ether oxygens (including phenoxy) is 1. The zero-order valence-electron chi connectivity index (χ0n) is 12.3. The zero-order valence-corrected chi connectivity index (χ0v) is 12.3. The summed E-state index contributed by atoms with van der Waals surface area (Å²) in [5.74, 6) is 2.55. The third kappa shape index (κ3) is 3.33. The zero-order chi connectivity index (χ0) is 14.5. The molecule has 21 heavy (non-hydrogen) atoms. The molecule has 1 fully saturated rings. The number of aromatic amines is 1. The number of methoxy groups -OCH3 is 1. The number of aromatic nitrogens is 3. The number of rotatable bonds is 4. The molecule has 0 spiro atoms. The second-order valence-corrected chi connectivity index (χ2v) is 5.16. The molecular weight excluding hydrogens is 266 g/mol. The van der Waals surface area contributed by atoms with Gasteiger partial charge in [0.15, 0.2) is 0 Å². The molecule has 1 aliphatic heterocycles. The topological polar surface area (TPSA) is 66.1 Å². The second kappa shape index (κ2) is 6.58. The minimum Gasteiger partial charge on any atom is -0.496 e. The third-order valence-electron chi connectivity index (χ3n) is 3.69. The molecule has 6 heteroatoms. The average Bonchev–Trinajstić information content (AvgIpc) is 2.81. The van der Waals surface area contributed by atoms with Gasteiger partial charge in [-0.05, 0) is 19.0 Å². The summed E-state index contributed by atoms with van der Waals surface area (Å²) in [4.78, 5) is 6.85. The number of nitrogens with one attached hydrogen (secondary N) is 2. The maximum absolute atomic E-state index is 5.38. The Morgan fingerprint density at radius 2 is 2.14 bits per heavy atom. The van der Waals surface area contributed by atoms with Crippen LogP contribution in [0.2, 0.25) is 0 Å². The highest BCUT2D eigenvalue weighted by atomic mass is 16.5. The molecule has 0 radical (unpaired) electrons. The van der Waals surface area contributed by atoms with E-state index in [1.807, 2.05) is 18.2 Å². The molecule has 0 saturated carbocycles. The largest absolute Gasteiger partial charge is 0.496 e. The summed E-state index contributed by atoms with van der Waals surface area (Å²) in [6.07, 6.45) is 1.82. The van der Waals surface area contributed by atoms with E-state index in [9.17, 15) is 0 Å². The van der Waals surface area contributed by atoms with Gasteiger partial charge in [0, 0.05) is 31.6 Å². The van der Waals surface area contributed by atoms with Crippen molar-refractivity contribution in [2.24, 2.45) is 0 Å². The molecule has 0 atom stereocenters. The smallest absolute Gasteiger partial charge is 0.244 e. The van der Waals surface area contributed by atoms with Crippen molar-refractivity contribution >= 4 is 5.95 Å². The summed E-state index contributed by atoms with van der Waals surface area (Å²) < 4.78 is 5.38. The lowest BCUT2D eigenvalue weighted by atomic mass is 10.1. The van der Waals surface area contributed by atoms with E-state index in [1.54, 1.807) is 7.11 Å². The van der Waals surface area contributed by atoms with Crippen LogP contribution in [0.3, 0.4) is 0 Å². The van der Waals surface area contributed by atoms with Crippen LogP contribution in [0, 0.1) is 0 Å². The van der Waals surface area contributed by atoms with E-state index >= 15 is 0 Å². The Kier molecular flexibility index (Phi) is 4.35. The van der Waals surface area contributed by atoms with Gasteiger partial charge in [0.2, 0.25) is 5.95 Å². The van der Waals surface area contributed by atoms with Gasteiger partial charge in [-0.3, -0.25) is 5.10 Å². The van der Waals surface area contributed by atoms with Crippen LogP contribution in [-0.4, -0.2) is 48.5 Å². The maximum Gasteiger partial charge on any atom is 0.244 e. The normalized spacial score (nSPS) is 15.8. The predicted molar refractivity (Wildman–Crippen MR) is 81.9 cm³/mol. The Bertz CT molecular complexity index is 575. The number of benzene rings is 1. The number of para-hydroxylation sites is 1. The molecule has 3 rings (SSSR count). The second-order valence-electron chi connectivity index (χ2n) is 5.16. The highest BCUT2D eigenvalue weighted by Gasteiger charge is 2.14. The molecule has 1 saturated heterocycles. The first kappa shape index (κ1) is 13.9. The number of anilines is 1. The van der Waals surface area contributed by atoms with Gasteiger partial charge in [0.25, 0.3) is 0 Å². The molecule has 1 aliphatic rings. The Morgan fingerprint density at radius 3 is 3.05 bits per heavy atom. The van der Waals surface area contributed by atoms with Crippen molar-refractivity contribution in [2.75, 3.05) is 38.2 Å². The molecule has 1 aromatic heterocycles. The van der Waals surface area contributed by atoms with E-state index in [0.717, 1.165) is 55.7 Å². The molecule has 2 heterocycles. The molecule has 112 valence electrons. The van der Waals surface area contributed by atoms with Gasteiger partial charge < -0.3 is 15.0 Å². The molecule has 2 N–H and O–H groups in total. The van der Waals surface area contributed by atoms with Crippen LogP contribution in [0.4, 0.5) is 5.95 Å². The van der Waals surface area contributed by atoms with Crippen molar-refractivity contribution in [1.29, 1.82) is 0 Å². The molecule has 1 aromatic carbocycles. The first-order valence-corrected chi connectivity index (χ1v) is 7.35. The van der Waals surface area contributed by atoms with Crippen molar-refractivity contribution < 1.29 is 4.74 Å². The summed E-state index contributed by atoms with van der Waals surface area (Å²) in [7, 11) is 1.69. The van der Waals surface area contributed by atoms with Gasteiger partial charge in [-0.25, -0.2) is 0 Å². The third-order valence-corrected chi connectivity index (χ3v) is 3.69. The quantitative estimate of drug-likeness (QED) is 0.884. The minimum atomic E-state index is 0.698. The fourth-order valence-corrected chi connectivity index (χ4v) is 2.58. The summed E-state index contributed by atoms with van der Waals surface area (Å²) in [6.45, 7) is 4.00. The van der Waals surface area contributed by atoms with Gasteiger partial charge in [0.1, 0.15) is 11.6 Å². The Morgan fingerprint density at radius 1 is 1.24 bits per heavy atom. The van der Waals surface area contributed by atoms with Crippen LogP contribution in [0.15, 0.2) is 24.3 Å². The van der Waals surface area contributed by atoms with Crippen molar-refractivity contribution in [1.82, 2.24) is 20.5 Å². The number of nitrogens with zero attached hydrogens (tertiary/aromatic N) is 3. The number of hydrogen-bond acceptors (Lipinski definition) is 5. The maximum atomic E-state index is 5.38. The lowest BCUT2D eigenvalue weighted by Crippen LogP contribution is -2.28. The summed E-state index contributed by atoms with van der Waals surface area (Å²) in [6, 6.07) is 8.00. The van der Waals surface area contributed by atoms with Gasteiger partial charge in [0.05, 0.1) is 7.11 Å². The van der Waals surface area contributed by atoms with Crippen LogP contribution >= 0.6 is 0 Å². The summed E-state index contributed by atoms with van der Waals surface area (Å²) in [5.41, 5.74) is 1.11. The van der Waals surface area contributed by atoms with Gasteiger partial charge in [-0.2, -0.15) is 4.98 Å². The van der Waals surface area contributed by atoms with Crippen molar-refractivity contribution in [3.63, 3.8) is 0 Å². The van der Waals surface area contributed by atoms with Crippen molar-refractivity contribution in [3.05, 3.63) is 35.7 Å². The molecule has 0 aliphatic carbocycles. The average molecular weight is 287 g/mol. The van der Waals surface area contributed by atoms with Gasteiger partial charge >= 0.3 is 0 Å². The number of H-pyrrole nitrogens is 1. The Balaban J connectivity index is 1.72. The highest BCUT2D eigenvalue weighted by Crippen LogP contribution is 2.20. The van der Waals surface area contributed by atoms with Crippen molar-refractivity contribution in [2.45, 2.75) is 12.8 Å². The fourth-order valence-electron chi connectivity index (χ4n) is 2.58. The molecule has 0 amide bonds. The molecule has 0 bridgehead atoms. The van der Waals surface area contributed by atoms with Gasteiger partial charge in [-0.15, -0.1) is 5.10 Å². The number of hydrogen-bond donors (Lipinski definition) is 2. The van der Waals surface area contributed by atoms with E-state index in [2.05, 4.69) is 31.5 Å². The molecule has 2 aromatic rings. The molecule has 0 unspecified atom stereocenters. The first-order chi connectivity index (χ1) is 10.4. The lowest BCUT2D eigenvalue weighted by Gasteiger charge is -2.16. The van der Waals surface area contributed by atoms with Crippen LogP contribution in [-0.2, 0) is 6.42 Å².